The van der Waals surface area contributed by atoms with Gasteiger partial charge in [0.25, 0.3) is 5.91 Å². The Morgan fingerprint density at radius 3 is 2.71 bits per heavy atom. The van der Waals surface area contributed by atoms with Gasteiger partial charge in [-0.05, 0) is 17.7 Å². The first kappa shape index (κ1) is 9.15. The van der Waals surface area contributed by atoms with Crippen LogP contribution in [0, 0.1) is 0 Å². The second-order valence-electron chi connectivity index (χ2n) is 2.89. The average Bonchev–Trinajstić information content (AvgIpc) is 2.56. The zero-order valence-electron chi connectivity index (χ0n) is 7.61. The predicted molar refractivity (Wildman–Crippen MR) is 54.9 cm³/mol. The topological polar surface area (TPSA) is 46.2 Å². The highest BCUT2D eigenvalue weighted by molar-refractivity contribution is 7.90. The van der Waals surface area contributed by atoms with Crippen molar-refractivity contribution >= 4 is 22.8 Å². The molecule has 0 radical (unpaired) electrons. The molecule has 1 aliphatic heterocycles. The smallest absolute Gasteiger partial charge is 0.260 e. The van der Waals surface area contributed by atoms with Crippen molar-refractivity contribution in [3.05, 3.63) is 34.7 Å². The number of amides is 1. The van der Waals surface area contributed by atoms with Crippen LogP contribution in [-0.2, 0) is 15.6 Å². The molecule has 1 amide bonds. The van der Waals surface area contributed by atoms with Crippen LogP contribution >= 0.6 is 0 Å². The molecule has 0 saturated heterocycles. The molecule has 1 aliphatic rings. The van der Waals surface area contributed by atoms with E-state index in [1.807, 2.05) is 18.2 Å². The van der Waals surface area contributed by atoms with Gasteiger partial charge in [-0.15, -0.1) is 0 Å². The van der Waals surface area contributed by atoms with Gasteiger partial charge in [-0.25, -0.2) is 4.21 Å². The van der Waals surface area contributed by atoms with E-state index in [-0.39, 0.29) is 5.91 Å². The predicted octanol–water partition coefficient (Wildman–Crippen LogP) is 0.895. The van der Waals surface area contributed by atoms with Gasteiger partial charge in [0.1, 0.15) is 4.91 Å². The molecular formula is C10H9NO2S. The summed E-state index contributed by atoms with van der Waals surface area (Å²) in [5, 5.41) is 2.47. The van der Waals surface area contributed by atoms with E-state index in [9.17, 15) is 9.00 Å². The second-order valence-corrected chi connectivity index (χ2v) is 4.31. The first-order valence-corrected chi connectivity index (χ1v) is 5.33. The molecule has 0 saturated carbocycles. The summed E-state index contributed by atoms with van der Waals surface area (Å²) in [6.45, 7) is 0. The minimum Gasteiger partial charge on any atom is -0.355 e. The average molecular weight is 207 g/mol. The van der Waals surface area contributed by atoms with Gasteiger partial charge in [0.2, 0.25) is 0 Å². The molecule has 72 valence electrons. The van der Waals surface area contributed by atoms with E-state index in [0.29, 0.717) is 9.80 Å². The molecule has 4 heteroatoms. The molecule has 1 aromatic rings. The lowest BCUT2D eigenvalue weighted by Gasteiger charge is -1.98. The molecule has 0 fully saturated rings. The van der Waals surface area contributed by atoms with Crippen molar-refractivity contribution in [2.75, 3.05) is 7.05 Å². The van der Waals surface area contributed by atoms with Crippen LogP contribution in [0.15, 0.2) is 34.1 Å². The Bertz CT molecular complexity index is 451. The van der Waals surface area contributed by atoms with E-state index in [0.717, 1.165) is 5.56 Å². The maximum atomic E-state index is 11.8. The Labute approximate surface area is 84.3 Å². The molecule has 14 heavy (non-hydrogen) atoms. The van der Waals surface area contributed by atoms with Gasteiger partial charge < -0.3 is 5.32 Å². The van der Waals surface area contributed by atoms with E-state index in [1.54, 1.807) is 12.1 Å². The van der Waals surface area contributed by atoms with Crippen molar-refractivity contribution < 1.29 is 9.00 Å². The van der Waals surface area contributed by atoms with Gasteiger partial charge >= 0.3 is 0 Å². The van der Waals surface area contributed by atoms with Crippen LogP contribution in [0.3, 0.4) is 0 Å². The number of carbonyl (C=O) groups excluding carboxylic acids is 1. The summed E-state index contributed by atoms with van der Waals surface area (Å²) in [4.78, 5) is 12.4. The molecule has 0 aromatic heterocycles. The third-order valence-electron chi connectivity index (χ3n) is 2.06. The number of benzene rings is 1. The molecule has 1 atom stereocenters. The number of rotatable bonds is 1. The summed E-state index contributed by atoms with van der Waals surface area (Å²) in [7, 11) is 0.215. The normalized spacial score (nSPS) is 18.6. The minimum atomic E-state index is -1.32. The number of hydrogen-bond acceptors (Lipinski definition) is 2. The largest absolute Gasteiger partial charge is 0.355 e. The van der Waals surface area contributed by atoms with Gasteiger partial charge in [0, 0.05) is 7.05 Å². The Morgan fingerprint density at radius 2 is 2.07 bits per heavy atom. The molecule has 3 nitrogen and oxygen atoms in total. The molecule has 1 heterocycles. The summed E-state index contributed by atoms with van der Waals surface area (Å²) >= 11 is 0. The lowest BCUT2D eigenvalue weighted by atomic mass is 10.2. The van der Waals surface area contributed by atoms with E-state index in [1.165, 1.54) is 7.05 Å². The molecule has 1 N–H and O–H groups in total. The fourth-order valence-electron chi connectivity index (χ4n) is 1.35. The van der Waals surface area contributed by atoms with Crippen molar-refractivity contribution in [2.24, 2.45) is 0 Å². The first-order valence-electron chi connectivity index (χ1n) is 4.18. The number of likely N-dealkylation sites (N-methyl/N-ethyl adjacent to an activating group) is 1. The van der Waals surface area contributed by atoms with Crippen LogP contribution in [0.2, 0.25) is 0 Å². The van der Waals surface area contributed by atoms with Gasteiger partial charge in [-0.1, -0.05) is 18.2 Å². The minimum absolute atomic E-state index is 0.278. The van der Waals surface area contributed by atoms with E-state index in [2.05, 4.69) is 5.32 Å². The third kappa shape index (κ3) is 1.28. The van der Waals surface area contributed by atoms with Gasteiger partial charge in [-0.3, -0.25) is 4.79 Å². The molecule has 0 bridgehead atoms. The van der Waals surface area contributed by atoms with Gasteiger partial charge in [0.05, 0.1) is 15.7 Å². The molecule has 0 aliphatic carbocycles. The van der Waals surface area contributed by atoms with Crippen LogP contribution in [0.1, 0.15) is 5.56 Å². The zero-order chi connectivity index (χ0) is 10.1. The summed E-state index contributed by atoms with van der Waals surface area (Å²) in [5.41, 5.74) is 0.865. The Balaban J connectivity index is 2.47. The highest BCUT2D eigenvalue weighted by Crippen LogP contribution is 2.28. The van der Waals surface area contributed by atoms with Crippen molar-refractivity contribution in [2.45, 2.75) is 4.90 Å². The van der Waals surface area contributed by atoms with Crippen molar-refractivity contribution in [3.63, 3.8) is 0 Å². The third-order valence-corrected chi connectivity index (χ3v) is 3.53. The Morgan fingerprint density at radius 1 is 1.36 bits per heavy atom. The Kier molecular flexibility index (Phi) is 2.21. The molecular weight excluding hydrogens is 198 g/mol. The standard InChI is InChI=1S/C10H9NO2S/c1-11-10(12)9-6-7-4-2-3-5-8(7)14(9)13/h2-6H,1H3,(H,11,12). The van der Waals surface area contributed by atoms with Crippen LogP contribution in [-0.4, -0.2) is 17.2 Å². The molecule has 1 aromatic carbocycles. The van der Waals surface area contributed by atoms with E-state index >= 15 is 0 Å². The lowest BCUT2D eigenvalue weighted by Crippen LogP contribution is -2.20. The molecule has 1 unspecified atom stereocenters. The lowest BCUT2D eigenvalue weighted by molar-refractivity contribution is -0.116. The van der Waals surface area contributed by atoms with Crippen molar-refractivity contribution in [1.82, 2.24) is 5.32 Å². The maximum Gasteiger partial charge on any atom is 0.260 e. The molecule has 2 rings (SSSR count). The number of nitrogens with one attached hydrogen (secondary N) is 1. The van der Waals surface area contributed by atoms with E-state index in [4.69, 9.17) is 0 Å². The maximum absolute atomic E-state index is 11.8. The van der Waals surface area contributed by atoms with Crippen LogP contribution in [0.25, 0.3) is 6.08 Å². The SMILES string of the molecule is CNC(=O)C1=Cc2ccccc2S1=O. The quantitative estimate of drug-likeness (QED) is 0.743. The number of carbonyl (C=O) groups is 1. The summed E-state index contributed by atoms with van der Waals surface area (Å²) in [6.07, 6.45) is 1.67. The van der Waals surface area contributed by atoms with Gasteiger partial charge in [-0.2, -0.15) is 0 Å². The van der Waals surface area contributed by atoms with Crippen LogP contribution in [0.4, 0.5) is 0 Å². The molecule has 0 spiro atoms. The number of fused-ring (bicyclic) bond motifs is 1. The monoisotopic (exact) mass is 207 g/mol. The highest BCUT2D eigenvalue weighted by Gasteiger charge is 2.24. The summed E-state index contributed by atoms with van der Waals surface area (Å²) in [5.74, 6) is -0.278. The highest BCUT2D eigenvalue weighted by atomic mass is 32.2. The van der Waals surface area contributed by atoms with Crippen LogP contribution < -0.4 is 5.32 Å². The van der Waals surface area contributed by atoms with Crippen molar-refractivity contribution in [1.29, 1.82) is 0 Å². The summed E-state index contributed by atoms with van der Waals surface area (Å²) < 4.78 is 11.8. The summed E-state index contributed by atoms with van der Waals surface area (Å²) in [6, 6.07) is 7.30. The second kappa shape index (κ2) is 3.38. The first-order chi connectivity index (χ1) is 6.74. The zero-order valence-corrected chi connectivity index (χ0v) is 8.43. The fraction of sp³-hybridized carbons (Fsp3) is 0.100. The fourth-order valence-corrected chi connectivity index (χ4v) is 2.64. The van der Waals surface area contributed by atoms with Crippen molar-refractivity contribution in [3.8, 4) is 0 Å². The number of hydrogen-bond donors (Lipinski definition) is 1. The van der Waals surface area contributed by atoms with E-state index < -0.39 is 10.8 Å². The van der Waals surface area contributed by atoms with Crippen LogP contribution in [0.5, 0.6) is 0 Å². The Hall–Kier alpha value is -1.42. The van der Waals surface area contributed by atoms with Gasteiger partial charge in [0.15, 0.2) is 0 Å².